The summed E-state index contributed by atoms with van der Waals surface area (Å²) < 4.78 is 53.2. The van der Waals surface area contributed by atoms with E-state index in [1.807, 2.05) is 6.92 Å². The van der Waals surface area contributed by atoms with E-state index < -0.39 is 40.4 Å². The Morgan fingerprint density at radius 2 is 1.95 bits per heavy atom. The van der Waals surface area contributed by atoms with Crippen LogP contribution in [0.1, 0.15) is 60.4 Å². The number of carbonyl (C=O) groups excluding carboxylic acids is 2. The first kappa shape index (κ1) is 33.3. The molecule has 0 bridgehead atoms. The summed E-state index contributed by atoms with van der Waals surface area (Å²) in [7, 11) is 0. The molecule has 0 saturated carbocycles. The maximum absolute atomic E-state index is 13.9. The largest absolute Gasteiger partial charge is 0.418 e. The molecule has 0 aliphatic rings. The molecule has 13 heteroatoms. The normalized spacial score (nSPS) is 14.3. The topological polar surface area (TPSA) is 96.3 Å². The molecule has 0 aliphatic carbocycles. The lowest BCUT2D eigenvalue weighted by Crippen LogP contribution is -2.27. The van der Waals surface area contributed by atoms with Crippen LogP contribution in [-0.2, 0) is 11.0 Å². The van der Waals surface area contributed by atoms with Gasteiger partial charge < -0.3 is 10.6 Å². The second-order valence-electron chi connectivity index (χ2n) is 8.37. The molecular weight excluding hydrogens is 582 g/mol. The van der Waals surface area contributed by atoms with Gasteiger partial charge in [0.2, 0.25) is 5.91 Å². The van der Waals surface area contributed by atoms with Crippen molar-refractivity contribution in [1.29, 1.82) is 0 Å². The quantitative estimate of drug-likeness (QED) is 0.117. The molecule has 0 saturated heterocycles. The van der Waals surface area contributed by atoms with Crippen molar-refractivity contribution in [2.75, 3.05) is 5.32 Å². The highest BCUT2D eigenvalue weighted by molar-refractivity contribution is 7.13. The van der Waals surface area contributed by atoms with Crippen LogP contribution in [0.15, 0.2) is 83.6 Å². The number of amides is 2. The number of hydrogen-bond donors (Lipinski definition) is 2. The van der Waals surface area contributed by atoms with Crippen LogP contribution >= 0.6 is 22.9 Å². The number of hydrogen-bond acceptors (Lipinski definition) is 6. The second kappa shape index (κ2) is 15.2. The molecule has 0 aliphatic heterocycles. The summed E-state index contributed by atoms with van der Waals surface area (Å²) in [6, 6.07) is 0.00785. The lowest BCUT2D eigenvalue weighted by molar-refractivity contribution is -0.137. The van der Waals surface area contributed by atoms with E-state index in [4.69, 9.17) is 11.6 Å². The molecule has 2 rings (SSSR count). The Morgan fingerprint density at radius 1 is 1.24 bits per heavy atom. The van der Waals surface area contributed by atoms with Crippen LogP contribution in [0.4, 0.5) is 23.4 Å². The summed E-state index contributed by atoms with van der Waals surface area (Å²) in [6.45, 7) is 10.4. The number of carbonyl (C=O) groups is 2. The average molecular weight is 610 g/mol. The molecule has 2 aromatic heterocycles. The van der Waals surface area contributed by atoms with Gasteiger partial charge in [-0.05, 0) is 45.4 Å². The minimum absolute atomic E-state index is 0.0857. The monoisotopic (exact) mass is 609 g/mol. The summed E-state index contributed by atoms with van der Waals surface area (Å²) in [5.74, 6) is -2.03. The van der Waals surface area contributed by atoms with E-state index in [-0.39, 0.29) is 16.3 Å². The van der Waals surface area contributed by atoms with Crippen LogP contribution in [0, 0.1) is 0 Å². The van der Waals surface area contributed by atoms with Gasteiger partial charge in [0.15, 0.2) is 0 Å². The maximum Gasteiger partial charge on any atom is 0.418 e. The summed E-state index contributed by atoms with van der Waals surface area (Å²) in [6.07, 6.45) is 6.85. The minimum Gasteiger partial charge on any atom is -0.343 e. The SMILES string of the molecule is C=C/C(=C\C(F)=C/C)C(/C=C(\C)C(=O)NC(C)c1ncc(C(=O)Nc2cc(C(F)(F)F)c(Cl)cn2)s1)=N/C=C/CC. The number of aliphatic imine (C=N–C) groups is 1. The third-order valence-corrected chi connectivity index (χ3v) is 6.70. The zero-order valence-corrected chi connectivity index (χ0v) is 24.2. The van der Waals surface area contributed by atoms with Gasteiger partial charge >= 0.3 is 6.18 Å². The second-order valence-corrected chi connectivity index (χ2v) is 9.84. The van der Waals surface area contributed by atoms with Crippen molar-refractivity contribution < 1.29 is 27.2 Å². The highest BCUT2D eigenvalue weighted by Gasteiger charge is 2.34. The fourth-order valence-corrected chi connectivity index (χ4v) is 4.07. The third-order valence-electron chi connectivity index (χ3n) is 5.22. The van der Waals surface area contributed by atoms with Gasteiger partial charge in [0.25, 0.3) is 5.91 Å². The predicted molar refractivity (Wildman–Crippen MR) is 155 cm³/mol. The molecule has 218 valence electrons. The fourth-order valence-electron chi connectivity index (χ4n) is 3.04. The Morgan fingerprint density at radius 3 is 2.56 bits per heavy atom. The minimum atomic E-state index is -4.72. The number of thiazole rings is 1. The Bertz CT molecular complexity index is 1440. The molecule has 2 amide bonds. The van der Waals surface area contributed by atoms with E-state index in [0.717, 1.165) is 24.0 Å². The van der Waals surface area contributed by atoms with E-state index in [9.17, 15) is 27.2 Å². The predicted octanol–water partition coefficient (Wildman–Crippen LogP) is 7.94. The molecule has 1 atom stereocenters. The van der Waals surface area contributed by atoms with Crippen molar-refractivity contribution in [3.8, 4) is 0 Å². The van der Waals surface area contributed by atoms with Gasteiger partial charge in [-0.2, -0.15) is 13.2 Å². The molecule has 2 heterocycles. The number of nitrogens with one attached hydrogen (secondary N) is 2. The molecule has 0 spiro atoms. The Hall–Kier alpha value is -3.90. The van der Waals surface area contributed by atoms with Crippen LogP contribution in [0.5, 0.6) is 0 Å². The summed E-state index contributed by atoms with van der Waals surface area (Å²) in [5, 5.41) is 4.83. The van der Waals surface area contributed by atoms with E-state index >= 15 is 0 Å². The van der Waals surface area contributed by atoms with Crippen molar-refractivity contribution >= 4 is 46.3 Å². The summed E-state index contributed by atoms with van der Waals surface area (Å²) >= 11 is 6.51. The first-order valence-electron chi connectivity index (χ1n) is 12.2. The van der Waals surface area contributed by atoms with Crippen molar-refractivity contribution in [2.45, 2.75) is 46.3 Å². The van der Waals surface area contributed by atoms with Gasteiger partial charge in [0, 0.05) is 23.5 Å². The smallest absolute Gasteiger partial charge is 0.343 e. The van der Waals surface area contributed by atoms with E-state index in [1.165, 1.54) is 30.5 Å². The van der Waals surface area contributed by atoms with E-state index in [0.29, 0.717) is 22.4 Å². The fraction of sp³-hybridized carbons (Fsp3) is 0.250. The van der Waals surface area contributed by atoms with Gasteiger partial charge in [-0.1, -0.05) is 43.3 Å². The first-order chi connectivity index (χ1) is 19.3. The highest BCUT2D eigenvalue weighted by atomic mass is 35.5. The Balaban J connectivity index is 2.19. The van der Waals surface area contributed by atoms with Crippen molar-refractivity contribution in [2.24, 2.45) is 4.99 Å². The zero-order chi connectivity index (χ0) is 30.7. The number of allylic oxidation sites excluding steroid dienone is 7. The molecule has 0 radical (unpaired) electrons. The van der Waals surface area contributed by atoms with Crippen molar-refractivity contribution in [1.82, 2.24) is 15.3 Å². The van der Waals surface area contributed by atoms with Crippen LogP contribution in [-0.4, -0.2) is 27.5 Å². The number of anilines is 1. The molecule has 0 fully saturated rings. The molecular formula is C28H28ClF4N5O2S. The first-order valence-corrected chi connectivity index (χ1v) is 13.4. The molecule has 1 unspecified atom stereocenters. The van der Waals surface area contributed by atoms with Crippen molar-refractivity contribution in [3.05, 3.63) is 99.1 Å². The standard InChI is InChI=1S/C28H28ClF4N5O2S/c1-6-9-10-34-22(18(7-2)12-19(30)8-3)11-16(4)25(39)37-17(5)27-36-15-23(41-27)26(40)38-24-13-20(28(31,32)33)21(29)14-35-24/h7-15,17H,2,6H2,1,3-5H3,(H,37,39)(H,35,38,40)/b10-9+,16-11+,18-12+,19-8+,34-22+. The molecule has 0 aromatic carbocycles. The van der Waals surface area contributed by atoms with Gasteiger partial charge in [-0.3, -0.25) is 14.6 Å². The lowest BCUT2D eigenvalue weighted by atomic mass is 10.1. The van der Waals surface area contributed by atoms with E-state index in [2.05, 4.69) is 32.2 Å². The molecule has 41 heavy (non-hydrogen) atoms. The zero-order valence-electron chi connectivity index (χ0n) is 22.6. The molecule has 2 N–H and O–H groups in total. The average Bonchev–Trinajstić information content (AvgIpc) is 3.42. The van der Waals surface area contributed by atoms with Crippen LogP contribution < -0.4 is 10.6 Å². The van der Waals surface area contributed by atoms with Gasteiger partial charge in [-0.25, -0.2) is 14.4 Å². The Labute approximate surface area is 244 Å². The van der Waals surface area contributed by atoms with E-state index in [1.54, 1.807) is 33.0 Å². The third kappa shape index (κ3) is 9.90. The highest BCUT2D eigenvalue weighted by Crippen LogP contribution is 2.35. The molecule has 7 nitrogen and oxygen atoms in total. The number of alkyl halides is 3. The number of pyridine rings is 1. The van der Waals surface area contributed by atoms with Crippen LogP contribution in [0.2, 0.25) is 5.02 Å². The number of halogens is 5. The van der Waals surface area contributed by atoms with Gasteiger partial charge in [0.1, 0.15) is 21.5 Å². The maximum atomic E-state index is 13.9. The van der Waals surface area contributed by atoms with Gasteiger partial charge in [0.05, 0.1) is 28.5 Å². The molecule has 2 aromatic rings. The van der Waals surface area contributed by atoms with Crippen LogP contribution in [0.25, 0.3) is 0 Å². The van der Waals surface area contributed by atoms with Crippen LogP contribution in [0.3, 0.4) is 0 Å². The number of nitrogens with zero attached hydrogens (tertiary/aromatic N) is 3. The van der Waals surface area contributed by atoms with Crippen molar-refractivity contribution in [3.63, 3.8) is 0 Å². The Kier molecular flexibility index (Phi) is 12.3. The summed E-state index contributed by atoms with van der Waals surface area (Å²) in [4.78, 5) is 37.8. The number of aromatic nitrogens is 2. The number of rotatable bonds is 11. The lowest BCUT2D eigenvalue weighted by Gasteiger charge is -2.12. The summed E-state index contributed by atoms with van der Waals surface area (Å²) in [5.41, 5.74) is -0.182. The van der Waals surface area contributed by atoms with Gasteiger partial charge in [-0.15, -0.1) is 11.3 Å².